The van der Waals surface area contributed by atoms with Gasteiger partial charge < -0.3 is 5.11 Å². The van der Waals surface area contributed by atoms with Crippen molar-refractivity contribution in [3.05, 3.63) is 12.7 Å². The van der Waals surface area contributed by atoms with Gasteiger partial charge in [-0.25, -0.2) is 4.98 Å². The molecule has 1 N–H and O–H groups in total. The molecule has 14 heavy (non-hydrogen) atoms. The molecule has 4 nitrogen and oxygen atoms in total. The highest BCUT2D eigenvalue weighted by atomic mass is 16.3. The van der Waals surface area contributed by atoms with Crippen LogP contribution in [0.1, 0.15) is 32.1 Å². The van der Waals surface area contributed by atoms with Gasteiger partial charge in [0.15, 0.2) is 0 Å². The van der Waals surface area contributed by atoms with Gasteiger partial charge in [0.05, 0.1) is 12.6 Å². The topological polar surface area (TPSA) is 50.9 Å². The molecule has 2 rings (SSSR count). The fraction of sp³-hybridized carbons (Fsp3) is 0.800. The first-order valence-electron chi connectivity index (χ1n) is 5.35. The van der Waals surface area contributed by atoms with Gasteiger partial charge in [-0.2, -0.15) is 5.10 Å². The first-order valence-corrected chi connectivity index (χ1v) is 5.35. The van der Waals surface area contributed by atoms with Crippen molar-refractivity contribution in [3.8, 4) is 0 Å². The second kappa shape index (κ2) is 4.55. The zero-order valence-corrected chi connectivity index (χ0v) is 8.34. The van der Waals surface area contributed by atoms with Crippen LogP contribution in [0.4, 0.5) is 0 Å². The second-order valence-electron chi connectivity index (χ2n) is 4.16. The van der Waals surface area contributed by atoms with E-state index in [0.717, 1.165) is 12.3 Å². The van der Waals surface area contributed by atoms with Crippen molar-refractivity contribution in [2.24, 2.45) is 5.92 Å². The largest absolute Gasteiger partial charge is 0.391 e. The van der Waals surface area contributed by atoms with Gasteiger partial charge in [0.1, 0.15) is 12.7 Å². The van der Waals surface area contributed by atoms with E-state index in [2.05, 4.69) is 10.1 Å². The summed E-state index contributed by atoms with van der Waals surface area (Å²) in [5.74, 6) is 0.730. The van der Waals surface area contributed by atoms with Crippen LogP contribution in [0.2, 0.25) is 0 Å². The van der Waals surface area contributed by atoms with Gasteiger partial charge in [0, 0.05) is 0 Å². The summed E-state index contributed by atoms with van der Waals surface area (Å²) in [4.78, 5) is 3.85. The molecule has 1 atom stereocenters. The molecule has 78 valence electrons. The average molecular weight is 195 g/mol. The van der Waals surface area contributed by atoms with Crippen LogP contribution in [0.5, 0.6) is 0 Å². The number of hydrogen-bond donors (Lipinski definition) is 1. The second-order valence-corrected chi connectivity index (χ2v) is 4.16. The average Bonchev–Trinajstić information content (AvgIpc) is 2.76. The van der Waals surface area contributed by atoms with E-state index in [1.54, 1.807) is 11.0 Å². The van der Waals surface area contributed by atoms with E-state index in [9.17, 15) is 5.11 Å². The lowest BCUT2D eigenvalue weighted by atomic mass is 10.0. The minimum Gasteiger partial charge on any atom is -0.391 e. The number of nitrogens with zero attached hydrogens (tertiary/aromatic N) is 3. The maximum absolute atomic E-state index is 9.79. The van der Waals surface area contributed by atoms with Crippen LogP contribution >= 0.6 is 0 Å². The van der Waals surface area contributed by atoms with Crippen molar-refractivity contribution in [1.82, 2.24) is 14.8 Å². The molecule has 1 aliphatic rings. The normalized spacial score (nSPS) is 20.1. The lowest BCUT2D eigenvalue weighted by molar-refractivity contribution is 0.120. The third-order valence-corrected chi connectivity index (χ3v) is 2.94. The number of hydrogen-bond acceptors (Lipinski definition) is 3. The fourth-order valence-corrected chi connectivity index (χ4v) is 2.25. The number of aromatic nitrogens is 3. The number of rotatable bonds is 4. The molecular formula is C10H17N3O. The Labute approximate surface area is 84.0 Å². The predicted octanol–water partition coefficient (Wildman–Crippen LogP) is 1.22. The quantitative estimate of drug-likeness (QED) is 0.786. The minimum absolute atomic E-state index is 0.264. The highest BCUT2D eigenvalue weighted by Crippen LogP contribution is 2.28. The number of aliphatic hydroxyl groups is 1. The third kappa shape index (κ3) is 2.54. The van der Waals surface area contributed by atoms with Crippen molar-refractivity contribution < 1.29 is 5.11 Å². The summed E-state index contributed by atoms with van der Waals surface area (Å²) >= 11 is 0. The Bertz CT molecular complexity index is 254. The summed E-state index contributed by atoms with van der Waals surface area (Å²) in [7, 11) is 0. The lowest BCUT2D eigenvalue weighted by Gasteiger charge is -2.14. The van der Waals surface area contributed by atoms with E-state index in [-0.39, 0.29) is 6.10 Å². The van der Waals surface area contributed by atoms with Crippen LogP contribution in [-0.4, -0.2) is 26.0 Å². The van der Waals surface area contributed by atoms with Crippen molar-refractivity contribution in [2.75, 3.05) is 0 Å². The summed E-state index contributed by atoms with van der Waals surface area (Å²) < 4.78 is 1.69. The molecule has 1 aromatic rings. The van der Waals surface area contributed by atoms with Gasteiger partial charge >= 0.3 is 0 Å². The van der Waals surface area contributed by atoms with E-state index < -0.39 is 0 Å². The van der Waals surface area contributed by atoms with Crippen LogP contribution < -0.4 is 0 Å². The molecule has 0 saturated heterocycles. The molecule has 1 aliphatic carbocycles. The molecule has 1 heterocycles. The van der Waals surface area contributed by atoms with Gasteiger partial charge in [-0.05, 0) is 12.3 Å². The molecular weight excluding hydrogens is 178 g/mol. The summed E-state index contributed by atoms with van der Waals surface area (Å²) in [5.41, 5.74) is 0. The summed E-state index contributed by atoms with van der Waals surface area (Å²) in [6.45, 7) is 0.580. The van der Waals surface area contributed by atoms with Gasteiger partial charge in [-0.3, -0.25) is 4.68 Å². The molecule has 0 amide bonds. The molecule has 0 aliphatic heterocycles. The van der Waals surface area contributed by atoms with Gasteiger partial charge in [-0.15, -0.1) is 0 Å². The first kappa shape index (κ1) is 9.65. The molecule has 0 spiro atoms. The third-order valence-electron chi connectivity index (χ3n) is 2.94. The van der Waals surface area contributed by atoms with Crippen LogP contribution in [0.25, 0.3) is 0 Å². The van der Waals surface area contributed by atoms with Gasteiger partial charge in [0.25, 0.3) is 0 Å². The van der Waals surface area contributed by atoms with Crippen LogP contribution in [0, 0.1) is 5.92 Å². The molecule has 4 heteroatoms. The molecule has 0 bridgehead atoms. The van der Waals surface area contributed by atoms with Gasteiger partial charge in [0.2, 0.25) is 0 Å². The Balaban J connectivity index is 1.75. The SMILES string of the molecule is OC(CC1CCCC1)Cn1cncn1. The molecule has 0 radical (unpaired) electrons. The van der Waals surface area contributed by atoms with E-state index in [1.165, 1.54) is 32.0 Å². The fourth-order valence-electron chi connectivity index (χ4n) is 2.25. The molecule has 1 fully saturated rings. The molecule has 1 unspecified atom stereocenters. The summed E-state index contributed by atoms with van der Waals surface area (Å²) in [6.07, 6.45) is 9.05. The van der Waals surface area contributed by atoms with Crippen molar-refractivity contribution in [3.63, 3.8) is 0 Å². The maximum Gasteiger partial charge on any atom is 0.137 e. The Kier molecular flexibility index (Phi) is 3.14. The van der Waals surface area contributed by atoms with E-state index >= 15 is 0 Å². The maximum atomic E-state index is 9.79. The molecule has 1 saturated carbocycles. The van der Waals surface area contributed by atoms with Crippen LogP contribution in [-0.2, 0) is 6.54 Å². The number of aliphatic hydroxyl groups excluding tert-OH is 1. The Morgan fingerprint density at radius 1 is 1.43 bits per heavy atom. The zero-order chi connectivity index (χ0) is 9.80. The van der Waals surface area contributed by atoms with Crippen molar-refractivity contribution in [1.29, 1.82) is 0 Å². The predicted molar refractivity (Wildman–Crippen MR) is 52.6 cm³/mol. The standard InChI is InChI=1S/C10H17N3O/c14-10(5-9-3-1-2-4-9)6-13-8-11-7-12-13/h7-10,14H,1-6H2. The lowest BCUT2D eigenvalue weighted by Crippen LogP contribution is -2.19. The highest BCUT2D eigenvalue weighted by Gasteiger charge is 2.18. The van der Waals surface area contributed by atoms with E-state index in [4.69, 9.17) is 0 Å². The van der Waals surface area contributed by atoms with Gasteiger partial charge in [-0.1, -0.05) is 25.7 Å². The smallest absolute Gasteiger partial charge is 0.137 e. The molecule has 0 aromatic carbocycles. The highest BCUT2D eigenvalue weighted by molar-refractivity contribution is 4.71. The van der Waals surface area contributed by atoms with Crippen molar-refractivity contribution >= 4 is 0 Å². The monoisotopic (exact) mass is 195 g/mol. The summed E-state index contributed by atoms with van der Waals surface area (Å²) in [6, 6.07) is 0. The minimum atomic E-state index is -0.264. The Hall–Kier alpha value is -0.900. The van der Waals surface area contributed by atoms with Crippen LogP contribution in [0.15, 0.2) is 12.7 Å². The van der Waals surface area contributed by atoms with E-state index in [1.807, 2.05) is 0 Å². The van der Waals surface area contributed by atoms with Crippen molar-refractivity contribution in [2.45, 2.75) is 44.8 Å². The van der Waals surface area contributed by atoms with E-state index in [0.29, 0.717) is 6.54 Å². The Morgan fingerprint density at radius 2 is 2.21 bits per heavy atom. The van der Waals surface area contributed by atoms with Crippen LogP contribution in [0.3, 0.4) is 0 Å². The zero-order valence-electron chi connectivity index (χ0n) is 8.34. The summed E-state index contributed by atoms with van der Waals surface area (Å²) in [5, 5.41) is 13.8. The molecule has 1 aromatic heterocycles. The Morgan fingerprint density at radius 3 is 2.86 bits per heavy atom. The first-order chi connectivity index (χ1) is 6.84.